The van der Waals surface area contributed by atoms with Crippen LogP contribution in [0.15, 0.2) is 42.5 Å². The van der Waals surface area contributed by atoms with E-state index in [1.54, 1.807) is 18.4 Å². The van der Waals surface area contributed by atoms with Gasteiger partial charge < -0.3 is 14.7 Å². The summed E-state index contributed by atoms with van der Waals surface area (Å²) in [5.41, 5.74) is 4.36. The average molecular weight is 519 g/mol. The van der Waals surface area contributed by atoms with E-state index in [1.807, 2.05) is 52.9 Å². The molecule has 37 heavy (non-hydrogen) atoms. The molecule has 0 spiro atoms. The number of piperidine rings is 1. The van der Waals surface area contributed by atoms with E-state index in [4.69, 9.17) is 14.8 Å². The summed E-state index contributed by atoms with van der Waals surface area (Å²) in [5.74, 6) is 1.51. The molecular weight excluding hydrogens is 484 g/mol. The molecule has 0 atom stereocenters. The number of aromatic nitrogens is 3. The van der Waals surface area contributed by atoms with Crippen LogP contribution in [-0.2, 0) is 0 Å². The van der Waals surface area contributed by atoms with Gasteiger partial charge in [-0.05, 0) is 62.3 Å². The van der Waals surface area contributed by atoms with Gasteiger partial charge in [0, 0.05) is 35.5 Å². The number of benzene rings is 2. The van der Waals surface area contributed by atoms with Crippen LogP contribution in [0.4, 0.5) is 0 Å². The van der Waals surface area contributed by atoms with Crippen molar-refractivity contribution in [3.05, 3.63) is 58.6 Å². The summed E-state index contributed by atoms with van der Waals surface area (Å²) in [6.07, 6.45) is 2.63. The first kappa shape index (κ1) is 25.4. The van der Waals surface area contributed by atoms with Crippen molar-refractivity contribution < 1.29 is 14.6 Å². The molecule has 4 aromatic rings. The second-order valence-corrected chi connectivity index (χ2v) is 11.1. The highest BCUT2D eigenvalue weighted by atomic mass is 32.1. The first-order valence-corrected chi connectivity index (χ1v) is 13.8. The minimum absolute atomic E-state index is 0.0366. The van der Waals surface area contributed by atoms with Gasteiger partial charge in [0.2, 0.25) is 5.13 Å². The van der Waals surface area contributed by atoms with Gasteiger partial charge in [0.15, 0.2) is 5.69 Å². The normalized spacial score (nSPS) is 14.6. The number of ether oxygens (including phenoxy) is 1. The molecule has 0 saturated carbocycles. The Kier molecular flexibility index (Phi) is 7.31. The SMILES string of the molecule is COc1cccc(-c2nc(-n3nc(C(=O)N4CCC(CCO)CC4)c4cc(C)ccc43)sc2C(C)C)c1. The van der Waals surface area contributed by atoms with Gasteiger partial charge in [0.25, 0.3) is 5.91 Å². The Morgan fingerprint density at radius 2 is 1.97 bits per heavy atom. The van der Waals surface area contributed by atoms with Gasteiger partial charge in [-0.15, -0.1) is 0 Å². The van der Waals surface area contributed by atoms with Gasteiger partial charge in [-0.2, -0.15) is 5.10 Å². The van der Waals surface area contributed by atoms with Crippen molar-refractivity contribution in [2.75, 3.05) is 26.8 Å². The molecule has 0 radical (unpaired) electrons. The maximum atomic E-state index is 13.7. The van der Waals surface area contributed by atoms with Crippen molar-refractivity contribution in [3.63, 3.8) is 0 Å². The molecule has 1 aliphatic heterocycles. The smallest absolute Gasteiger partial charge is 0.275 e. The number of rotatable bonds is 7. The zero-order valence-corrected chi connectivity index (χ0v) is 22.7. The van der Waals surface area contributed by atoms with E-state index in [-0.39, 0.29) is 18.4 Å². The minimum Gasteiger partial charge on any atom is -0.497 e. The van der Waals surface area contributed by atoms with Crippen LogP contribution in [0.5, 0.6) is 5.75 Å². The van der Waals surface area contributed by atoms with E-state index in [0.717, 1.165) is 62.7 Å². The van der Waals surface area contributed by atoms with Crippen molar-refractivity contribution in [1.29, 1.82) is 0 Å². The van der Waals surface area contributed by atoms with Crippen molar-refractivity contribution >= 4 is 28.1 Å². The lowest BCUT2D eigenvalue weighted by Gasteiger charge is -2.31. The number of thiazole rings is 1. The van der Waals surface area contributed by atoms with E-state index in [1.165, 1.54) is 0 Å². The molecule has 194 valence electrons. The molecule has 1 aliphatic rings. The van der Waals surface area contributed by atoms with Gasteiger partial charge in [-0.1, -0.05) is 48.9 Å². The monoisotopic (exact) mass is 518 g/mol. The number of carbonyl (C=O) groups is 1. The standard InChI is InChI=1S/C29H34N4O3S/c1-18(2)27-25(21-6-5-7-22(17-21)36-4)30-29(37-27)33-24-9-8-19(3)16-23(24)26(31-33)28(35)32-13-10-20(11-14-32)12-15-34/h5-9,16-18,20,34H,10-15H2,1-4H3. The first-order chi connectivity index (χ1) is 17.9. The zero-order chi connectivity index (χ0) is 26.1. The van der Waals surface area contributed by atoms with Crippen LogP contribution in [0.1, 0.15) is 60.0 Å². The lowest BCUT2D eigenvalue weighted by molar-refractivity contribution is 0.0673. The molecule has 7 nitrogen and oxygen atoms in total. The summed E-state index contributed by atoms with van der Waals surface area (Å²) in [6.45, 7) is 7.96. The van der Waals surface area contributed by atoms with E-state index >= 15 is 0 Å². The predicted octanol–water partition coefficient (Wildman–Crippen LogP) is 5.82. The number of hydrogen-bond acceptors (Lipinski definition) is 6. The number of nitrogens with zero attached hydrogens (tertiary/aromatic N) is 4. The van der Waals surface area contributed by atoms with Crippen molar-refractivity contribution in [1.82, 2.24) is 19.7 Å². The summed E-state index contributed by atoms with van der Waals surface area (Å²) in [6, 6.07) is 14.1. The quantitative estimate of drug-likeness (QED) is 0.333. The van der Waals surface area contributed by atoms with Gasteiger partial charge in [-0.25, -0.2) is 9.67 Å². The van der Waals surface area contributed by atoms with Crippen LogP contribution >= 0.6 is 11.3 Å². The molecule has 8 heteroatoms. The van der Waals surface area contributed by atoms with Crippen LogP contribution in [-0.4, -0.2) is 57.5 Å². The Bertz CT molecular complexity index is 1420. The van der Waals surface area contributed by atoms with Gasteiger partial charge in [-0.3, -0.25) is 4.79 Å². The van der Waals surface area contributed by atoms with Gasteiger partial charge in [0.05, 0.1) is 18.3 Å². The highest BCUT2D eigenvalue weighted by molar-refractivity contribution is 7.14. The Labute approximate surface area is 221 Å². The zero-order valence-electron chi connectivity index (χ0n) is 21.9. The molecule has 5 rings (SSSR count). The third-order valence-electron chi connectivity index (χ3n) is 7.17. The maximum absolute atomic E-state index is 13.7. The summed E-state index contributed by atoms with van der Waals surface area (Å²) in [7, 11) is 1.67. The number of amides is 1. The van der Waals surface area contributed by atoms with Crippen molar-refractivity contribution in [3.8, 4) is 22.1 Å². The molecule has 3 heterocycles. The fourth-order valence-corrected chi connectivity index (χ4v) is 6.13. The number of methoxy groups -OCH3 is 1. The predicted molar refractivity (Wildman–Crippen MR) is 148 cm³/mol. The molecule has 1 fully saturated rings. The fourth-order valence-electron chi connectivity index (χ4n) is 5.07. The lowest BCUT2D eigenvalue weighted by atomic mass is 9.94. The highest BCUT2D eigenvalue weighted by Gasteiger charge is 2.28. The minimum atomic E-state index is -0.0366. The first-order valence-electron chi connectivity index (χ1n) is 12.9. The Morgan fingerprint density at radius 1 is 1.19 bits per heavy atom. The third kappa shape index (κ3) is 5.00. The molecular formula is C29H34N4O3S. The van der Waals surface area contributed by atoms with Gasteiger partial charge >= 0.3 is 0 Å². The number of likely N-dealkylation sites (tertiary alicyclic amines) is 1. The molecule has 2 aromatic carbocycles. The molecule has 1 saturated heterocycles. The van der Waals surface area contributed by atoms with Crippen molar-refractivity contribution in [2.45, 2.75) is 46.0 Å². The lowest BCUT2D eigenvalue weighted by Crippen LogP contribution is -2.39. The summed E-state index contributed by atoms with van der Waals surface area (Å²) in [4.78, 5) is 21.8. The van der Waals surface area contributed by atoms with E-state index < -0.39 is 0 Å². The number of aliphatic hydroxyl groups is 1. The van der Waals surface area contributed by atoms with E-state index in [9.17, 15) is 9.90 Å². The van der Waals surface area contributed by atoms with Crippen LogP contribution in [0.3, 0.4) is 0 Å². The Morgan fingerprint density at radius 3 is 2.68 bits per heavy atom. The molecule has 0 unspecified atom stereocenters. The number of carbonyl (C=O) groups excluding carboxylic acids is 1. The topological polar surface area (TPSA) is 80.5 Å². The van der Waals surface area contributed by atoms with Gasteiger partial charge in [0.1, 0.15) is 5.75 Å². The molecule has 2 aromatic heterocycles. The largest absolute Gasteiger partial charge is 0.497 e. The molecule has 0 bridgehead atoms. The Balaban J connectivity index is 1.57. The van der Waals surface area contributed by atoms with E-state index in [2.05, 4.69) is 19.9 Å². The third-order valence-corrected chi connectivity index (χ3v) is 8.50. The van der Waals surface area contributed by atoms with Crippen molar-refractivity contribution in [2.24, 2.45) is 5.92 Å². The second-order valence-electron chi connectivity index (χ2n) is 10.1. The molecule has 1 N–H and O–H groups in total. The number of hydrogen-bond donors (Lipinski definition) is 1. The summed E-state index contributed by atoms with van der Waals surface area (Å²) in [5, 5.41) is 15.8. The fraction of sp³-hybridized carbons (Fsp3) is 0.414. The maximum Gasteiger partial charge on any atom is 0.275 e. The van der Waals surface area contributed by atoms with E-state index in [0.29, 0.717) is 24.7 Å². The van der Waals surface area contributed by atoms with Crippen LogP contribution in [0.25, 0.3) is 27.3 Å². The van der Waals surface area contributed by atoms with Crippen LogP contribution in [0.2, 0.25) is 0 Å². The molecule has 0 aliphatic carbocycles. The number of fused-ring (bicyclic) bond motifs is 1. The van der Waals surface area contributed by atoms with Crippen LogP contribution < -0.4 is 4.74 Å². The summed E-state index contributed by atoms with van der Waals surface area (Å²) < 4.78 is 7.28. The highest BCUT2D eigenvalue weighted by Crippen LogP contribution is 2.38. The summed E-state index contributed by atoms with van der Waals surface area (Å²) >= 11 is 1.61. The average Bonchev–Trinajstić information content (AvgIpc) is 3.51. The Hall–Kier alpha value is -3.23. The van der Waals surface area contributed by atoms with Crippen LogP contribution in [0, 0.1) is 12.8 Å². The molecule has 1 amide bonds. The number of aliphatic hydroxyl groups excluding tert-OH is 1. The number of aryl methyl sites for hydroxylation is 1. The second kappa shape index (κ2) is 10.6.